The standard InChI is InChI=1S/C19H17NOS3/c21-19(17-11-12-3-1-4-14(12)24-17)20-8-6-15-13(7-10-23-15)18(20)16-5-2-9-22-16/h2,5,7,9-11,18H,1,3-4,6,8H2/t18-/m1/s1. The maximum absolute atomic E-state index is 13.3. The Hall–Kier alpha value is -1.43. The molecule has 5 rings (SSSR count). The highest BCUT2D eigenvalue weighted by atomic mass is 32.1. The number of hydrogen-bond acceptors (Lipinski definition) is 4. The zero-order valence-corrected chi connectivity index (χ0v) is 15.6. The van der Waals surface area contributed by atoms with Crippen LogP contribution in [0.25, 0.3) is 0 Å². The van der Waals surface area contributed by atoms with E-state index in [1.807, 2.05) is 11.3 Å². The molecule has 0 spiro atoms. The van der Waals surface area contributed by atoms with Gasteiger partial charge in [0.25, 0.3) is 5.91 Å². The lowest BCUT2D eigenvalue weighted by molar-refractivity contribution is 0.0703. The SMILES string of the molecule is O=C(c1cc2c(s1)CCC2)N1CCc2sccc2[C@@H]1c1cccs1. The number of nitrogens with zero attached hydrogens (tertiary/aromatic N) is 1. The highest BCUT2D eigenvalue weighted by molar-refractivity contribution is 7.14. The van der Waals surface area contributed by atoms with Gasteiger partial charge in [-0.1, -0.05) is 6.07 Å². The molecule has 2 nitrogen and oxygen atoms in total. The zero-order valence-electron chi connectivity index (χ0n) is 13.2. The van der Waals surface area contributed by atoms with Crippen LogP contribution < -0.4 is 0 Å². The Bertz CT molecular complexity index is 868. The van der Waals surface area contributed by atoms with Crippen molar-refractivity contribution in [3.05, 3.63) is 65.7 Å². The van der Waals surface area contributed by atoms with E-state index in [9.17, 15) is 4.79 Å². The second-order valence-corrected chi connectivity index (χ2v) is 9.49. The maximum atomic E-state index is 13.3. The van der Waals surface area contributed by atoms with E-state index >= 15 is 0 Å². The van der Waals surface area contributed by atoms with Crippen molar-refractivity contribution in [2.24, 2.45) is 0 Å². The van der Waals surface area contributed by atoms with Crippen molar-refractivity contribution >= 4 is 39.9 Å². The normalized spacial score (nSPS) is 19.3. The average molecular weight is 372 g/mol. The van der Waals surface area contributed by atoms with Crippen molar-refractivity contribution < 1.29 is 4.79 Å². The van der Waals surface area contributed by atoms with Crippen molar-refractivity contribution in [3.8, 4) is 0 Å². The lowest BCUT2D eigenvalue weighted by atomic mass is 9.98. The first-order valence-electron chi connectivity index (χ1n) is 8.33. The molecule has 0 bridgehead atoms. The Morgan fingerprint density at radius 3 is 2.88 bits per heavy atom. The van der Waals surface area contributed by atoms with E-state index in [1.54, 1.807) is 22.7 Å². The molecule has 1 aliphatic carbocycles. The van der Waals surface area contributed by atoms with Gasteiger partial charge in [-0.2, -0.15) is 0 Å². The monoisotopic (exact) mass is 371 g/mol. The number of rotatable bonds is 2. The molecule has 0 N–H and O–H groups in total. The van der Waals surface area contributed by atoms with E-state index in [-0.39, 0.29) is 11.9 Å². The van der Waals surface area contributed by atoms with Crippen LogP contribution in [0.2, 0.25) is 0 Å². The van der Waals surface area contributed by atoms with Crippen molar-refractivity contribution in [2.75, 3.05) is 6.54 Å². The third kappa shape index (κ3) is 2.30. The summed E-state index contributed by atoms with van der Waals surface area (Å²) in [6.45, 7) is 0.817. The summed E-state index contributed by atoms with van der Waals surface area (Å²) in [4.78, 5) is 20.5. The van der Waals surface area contributed by atoms with E-state index in [0.29, 0.717) is 0 Å². The second-order valence-electron chi connectivity index (χ2n) is 6.38. The van der Waals surface area contributed by atoms with Crippen molar-refractivity contribution in [3.63, 3.8) is 0 Å². The van der Waals surface area contributed by atoms with E-state index in [1.165, 1.54) is 32.2 Å². The molecule has 4 heterocycles. The molecule has 122 valence electrons. The predicted octanol–water partition coefficient (Wildman–Crippen LogP) is 5.15. The highest BCUT2D eigenvalue weighted by Crippen LogP contribution is 2.41. The summed E-state index contributed by atoms with van der Waals surface area (Å²) in [6.07, 6.45) is 4.51. The average Bonchev–Trinajstić information content (AvgIpc) is 3.36. The topological polar surface area (TPSA) is 20.3 Å². The molecule has 0 saturated heterocycles. The fraction of sp³-hybridized carbons (Fsp3) is 0.316. The highest BCUT2D eigenvalue weighted by Gasteiger charge is 2.34. The summed E-state index contributed by atoms with van der Waals surface area (Å²) < 4.78 is 0. The maximum Gasteiger partial charge on any atom is 0.264 e. The number of aryl methyl sites for hydroxylation is 2. The van der Waals surface area contributed by atoms with Gasteiger partial charge in [0.2, 0.25) is 0 Å². The fourth-order valence-corrected chi connectivity index (χ4v) is 6.83. The lowest BCUT2D eigenvalue weighted by Gasteiger charge is -2.35. The summed E-state index contributed by atoms with van der Waals surface area (Å²) in [5.41, 5.74) is 2.73. The summed E-state index contributed by atoms with van der Waals surface area (Å²) in [5.74, 6) is 0.213. The van der Waals surface area contributed by atoms with Crippen LogP contribution in [0, 0.1) is 0 Å². The minimum Gasteiger partial charge on any atom is -0.326 e. The molecule has 0 saturated carbocycles. The number of thiophene rings is 3. The predicted molar refractivity (Wildman–Crippen MR) is 102 cm³/mol. The molecule has 3 aromatic rings. The lowest BCUT2D eigenvalue weighted by Crippen LogP contribution is -2.39. The van der Waals surface area contributed by atoms with E-state index < -0.39 is 0 Å². The van der Waals surface area contributed by atoms with E-state index in [2.05, 4.69) is 39.9 Å². The van der Waals surface area contributed by atoms with Gasteiger partial charge in [-0.25, -0.2) is 0 Å². The van der Waals surface area contributed by atoms with Gasteiger partial charge in [0.1, 0.15) is 0 Å². The number of carbonyl (C=O) groups is 1. The molecule has 0 radical (unpaired) electrons. The van der Waals surface area contributed by atoms with Gasteiger partial charge in [-0.3, -0.25) is 4.79 Å². The van der Waals surface area contributed by atoms with Crippen molar-refractivity contribution in [1.29, 1.82) is 0 Å². The Morgan fingerprint density at radius 2 is 2.04 bits per heavy atom. The Morgan fingerprint density at radius 1 is 1.08 bits per heavy atom. The van der Waals surface area contributed by atoms with Gasteiger partial charge in [0.05, 0.1) is 10.9 Å². The largest absolute Gasteiger partial charge is 0.326 e. The third-order valence-corrected chi connectivity index (χ3v) is 8.14. The number of carbonyl (C=O) groups excluding carboxylic acids is 1. The summed E-state index contributed by atoms with van der Waals surface area (Å²) in [7, 11) is 0. The van der Waals surface area contributed by atoms with Gasteiger partial charge in [0, 0.05) is 21.2 Å². The first-order valence-corrected chi connectivity index (χ1v) is 10.9. The van der Waals surface area contributed by atoms with Crippen LogP contribution in [-0.2, 0) is 19.3 Å². The molecular weight excluding hydrogens is 354 g/mol. The Balaban J connectivity index is 1.55. The number of fused-ring (bicyclic) bond motifs is 2. The van der Waals surface area contributed by atoms with Gasteiger partial charge in [-0.15, -0.1) is 34.0 Å². The molecule has 2 aliphatic rings. The molecule has 1 aliphatic heterocycles. The van der Waals surface area contributed by atoms with Gasteiger partial charge >= 0.3 is 0 Å². The van der Waals surface area contributed by atoms with E-state index in [0.717, 1.165) is 30.7 Å². The minimum atomic E-state index is 0.0874. The molecule has 3 aromatic heterocycles. The van der Waals surface area contributed by atoms with Crippen LogP contribution in [0.3, 0.4) is 0 Å². The third-order valence-electron chi connectivity index (χ3n) is 5.00. The Kier molecular flexibility index (Phi) is 3.61. The van der Waals surface area contributed by atoms with Gasteiger partial charge < -0.3 is 4.90 Å². The van der Waals surface area contributed by atoms with Crippen LogP contribution >= 0.6 is 34.0 Å². The van der Waals surface area contributed by atoms with Crippen LogP contribution in [0.1, 0.15) is 47.9 Å². The minimum absolute atomic E-state index is 0.0874. The number of hydrogen-bond donors (Lipinski definition) is 0. The van der Waals surface area contributed by atoms with Crippen molar-refractivity contribution in [2.45, 2.75) is 31.7 Å². The molecule has 5 heteroatoms. The van der Waals surface area contributed by atoms with E-state index in [4.69, 9.17) is 0 Å². The van der Waals surface area contributed by atoms with Gasteiger partial charge in [0.15, 0.2) is 0 Å². The zero-order chi connectivity index (χ0) is 16.1. The summed E-state index contributed by atoms with van der Waals surface area (Å²) in [6, 6.07) is 8.70. The smallest absolute Gasteiger partial charge is 0.264 e. The summed E-state index contributed by atoms with van der Waals surface area (Å²) in [5, 5.41) is 4.28. The quantitative estimate of drug-likeness (QED) is 0.610. The van der Waals surface area contributed by atoms with Crippen molar-refractivity contribution in [1.82, 2.24) is 4.90 Å². The molecule has 0 aromatic carbocycles. The van der Waals surface area contributed by atoms with Crippen LogP contribution in [0.15, 0.2) is 35.0 Å². The molecule has 0 unspecified atom stereocenters. The number of amides is 1. The molecule has 0 fully saturated rings. The van der Waals surface area contributed by atoms with Crippen LogP contribution in [0.4, 0.5) is 0 Å². The Labute approximate surface area is 153 Å². The summed E-state index contributed by atoms with van der Waals surface area (Å²) >= 11 is 5.30. The fourth-order valence-electron chi connectivity index (χ4n) is 3.86. The molecular formula is C19H17NOS3. The molecule has 1 amide bonds. The van der Waals surface area contributed by atoms with Gasteiger partial charge in [-0.05, 0) is 65.8 Å². The first kappa shape index (κ1) is 14.9. The van der Waals surface area contributed by atoms with Crippen LogP contribution in [0.5, 0.6) is 0 Å². The van der Waals surface area contributed by atoms with Crippen LogP contribution in [-0.4, -0.2) is 17.4 Å². The molecule has 24 heavy (non-hydrogen) atoms. The molecule has 1 atom stereocenters. The second kappa shape index (κ2) is 5.83. The first-order chi connectivity index (χ1) is 11.8.